The number of rotatable bonds is 7. The van der Waals surface area contributed by atoms with Gasteiger partial charge in [0.2, 0.25) is 5.91 Å². The summed E-state index contributed by atoms with van der Waals surface area (Å²) in [5.41, 5.74) is 1.71. The van der Waals surface area contributed by atoms with E-state index in [0.717, 1.165) is 0 Å². The Balaban J connectivity index is 1.62. The second kappa shape index (κ2) is 9.36. The Labute approximate surface area is 176 Å². The lowest BCUT2D eigenvalue weighted by atomic mass is 10.2. The molecule has 2 N–H and O–H groups in total. The standard InChI is InChI=1S/C21H20FN3O4S/c1-12-4-5-14(8-18(12)22)23-19(26)9-15-11-30-21(24-15)25-20(27)13-6-16(28-2)10-17(7-13)29-3/h4-8,10-11H,9H2,1-3H3,(H,23,26)(H,24,25,27). The second-order valence-corrected chi connectivity index (χ2v) is 7.25. The summed E-state index contributed by atoms with van der Waals surface area (Å²) in [4.78, 5) is 29.0. The van der Waals surface area contributed by atoms with Gasteiger partial charge in [-0.05, 0) is 36.8 Å². The van der Waals surface area contributed by atoms with Crippen LogP contribution in [-0.4, -0.2) is 31.0 Å². The van der Waals surface area contributed by atoms with E-state index in [1.165, 1.54) is 31.6 Å². The summed E-state index contributed by atoms with van der Waals surface area (Å²) in [6.07, 6.45) is -0.00511. The monoisotopic (exact) mass is 429 g/mol. The number of amides is 2. The van der Waals surface area contributed by atoms with Crippen LogP contribution in [0.3, 0.4) is 0 Å². The van der Waals surface area contributed by atoms with E-state index in [9.17, 15) is 14.0 Å². The van der Waals surface area contributed by atoms with Crippen LogP contribution in [0, 0.1) is 12.7 Å². The van der Waals surface area contributed by atoms with Gasteiger partial charge in [-0.1, -0.05) is 6.07 Å². The van der Waals surface area contributed by atoms with E-state index in [-0.39, 0.29) is 24.1 Å². The minimum absolute atomic E-state index is 0.00511. The zero-order chi connectivity index (χ0) is 21.7. The van der Waals surface area contributed by atoms with E-state index >= 15 is 0 Å². The molecule has 0 atom stereocenters. The molecule has 1 aromatic heterocycles. The van der Waals surface area contributed by atoms with Gasteiger partial charge in [0.15, 0.2) is 5.13 Å². The van der Waals surface area contributed by atoms with Crippen molar-refractivity contribution in [2.24, 2.45) is 0 Å². The predicted molar refractivity (Wildman–Crippen MR) is 113 cm³/mol. The topological polar surface area (TPSA) is 89.6 Å². The molecule has 0 aliphatic rings. The van der Waals surface area contributed by atoms with Crippen molar-refractivity contribution in [3.8, 4) is 11.5 Å². The number of aryl methyl sites for hydroxylation is 1. The smallest absolute Gasteiger partial charge is 0.257 e. The number of nitrogens with one attached hydrogen (secondary N) is 2. The van der Waals surface area contributed by atoms with Crippen LogP contribution in [0.5, 0.6) is 11.5 Å². The first kappa shape index (κ1) is 21.3. The van der Waals surface area contributed by atoms with E-state index in [0.29, 0.717) is 39.1 Å². The summed E-state index contributed by atoms with van der Waals surface area (Å²) in [5.74, 6) is -0.126. The first-order valence-corrected chi connectivity index (χ1v) is 9.80. The maximum Gasteiger partial charge on any atom is 0.257 e. The summed E-state index contributed by atoms with van der Waals surface area (Å²) in [5, 5.41) is 7.35. The Kier molecular flexibility index (Phi) is 6.63. The van der Waals surface area contributed by atoms with Crippen molar-refractivity contribution in [3.05, 3.63) is 64.4 Å². The molecule has 0 saturated heterocycles. The zero-order valence-electron chi connectivity index (χ0n) is 16.6. The quantitative estimate of drug-likeness (QED) is 0.592. The fourth-order valence-electron chi connectivity index (χ4n) is 2.59. The van der Waals surface area contributed by atoms with Crippen molar-refractivity contribution in [1.82, 2.24) is 4.98 Å². The summed E-state index contributed by atoms with van der Waals surface area (Å²) >= 11 is 1.20. The average Bonchev–Trinajstić information content (AvgIpc) is 3.16. The lowest BCUT2D eigenvalue weighted by molar-refractivity contribution is -0.115. The lowest BCUT2D eigenvalue weighted by Gasteiger charge is -2.08. The zero-order valence-corrected chi connectivity index (χ0v) is 17.4. The Morgan fingerprint density at radius 2 is 1.77 bits per heavy atom. The summed E-state index contributed by atoms with van der Waals surface area (Å²) in [6.45, 7) is 1.65. The van der Waals surface area contributed by atoms with Crippen molar-refractivity contribution in [3.63, 3.8) is 0 Å². The summed E-state index contributed by atoms with van der Waals surface area (Å²) < 4.78 is 23.9. The number of anilines is 2. The number of carbonyl (C=O) groups excluding carboxylic acids is 2. The van der Waals surface area contributed by atoms with E-state index in [1.807, 2.05) is 0 Å². The van der Waals surface area contributed by atoms with Crippen LogP contribution in [0.1, 0.15) is 21.6 Å². The van der Waals surface area contributed by atoms with Crippen LogP contribution >= 0.6 is 11.3 Å². The van der Waals surface area contributed by atoms with Crippen molar-refractivity contribution in [1.29, 1.82) is 0 Å². The van der Waals surface area contributed by atoms with Gasteiger partial charge in [-0.25, -0.2) is 9.37 Å². The van der Waals surface area contributed by atoms with E-state index < -0.39 is 0 Å². The van der Waals surface area contributed by atoms with Gasteiger partial charge in [0, 0.05) is 22.7 Å². The highest BCUT2D eigenvalue weighted by molar-refractivity contribution is 7.14. The lowest BCUT2D eigenvalue weighted by Crippen LogP contribution is -2.15. The third kappa shape index (κ3) is 5.32. The van der Waals surface area contributed by atoms with Gasteiger partial charge in [0.05, 0.1) is 26.3 Å². The van der Waals surface area contributed by atoms with E-state index in [1.54, 1.807) is 42.6 Å². The molecule has 0 aliphatic heterocycles. The molecule has 0 unspecified atom stereocenters. The highest BCUT2D eigenvalue weighted by Gasteiger charge is 2.14. The number of carbonyl (C=O) groups is 2. The number of ether oxygens (including phenoxy) is 2. The van der Waals surface area contributed by atoms with Gasteiger partial charge in [-0.3, -0.25) is 14.9 Å². The number of nitrogens with zero attached hydrogens (tertiary/aromatic N) is 1. The Hall–Kier alpha value is -3.46. The highest BCUT2D eigenvalue weighted by Crippen LogP contribution is 2.24. The van der Waals surface area contributed by atoms with E-state index in [2.05, 4.69) is 15.6 Å². The molecule has 2 aromatic carbocycles. The number of hydrogen-bond donors (Lipinski definition) is 2. The highest BCUT2D eigenvalue weighted by atomic mass is 32.1. The number of aromatic nitrogens is 1. The second-order valence-electron chi connectivity index (χ2n) is 6.39. The van der Waals surface area contributed by atoms with Gasteiger partial charge in [-0.15, -0.1) is 11.3 Å². The molecule has 3 rings (SSSR count). The first-order chi connectivity index (χ1) is 14.4. The number of methoxy groups -OCH3 is 2. The normalized spacial score (nSPS) is 10.4. The molecule has 0 saturated carbocycles. The molecule has 1 heterocycles. The van der Waals surface area contributed by atoms with Crippen LogP contribution in [0.15, 0.2) is 41.8 Å². The largest absolute Gasteiger partial charge is 0.497 e. The molecule has 30 heavy (non-hydrogen) atoms. The third-order valence-corrected chi connectivity index (χ3v) is 4.99. The molecule has 9 heteroatoms. The minimum atomic E-state index is -0.388. The van der Waals surface area contributed by atoms with Crippen molar-refractivity contribution < 1.29 is 23.5 Å². The van der Waals surface area contributed by atoms with Crippen molar-refractivity contribution in [2.45, 2.75) is 13.3 Å². The van der Waals surface area contributed by atoms with Gasteiger partial charge in [-0.2, -0.15) is 0 Å². The fourth-order valence-corrected chi connectivity index (χ4v) is 3.30. The summed E-state index contributed by atoms with van der Waals surface area (Å²) in [6, 6.07) is 9.32. The molecular formula is C21H20FN3O4S. The number of benzene rings is 2. The predicted octanol–water partition coefficient (Wildman–Crippen LogP) is 4.04. The molecule has 2 amide bonds. The molecule has 3 aromatic rings. The maximum atomic E-state index is 13.6. The molecule has 0 aliphatic carbocycles. The first-order valence-electron chi connectivity index (χ1n) is 8.92. The Bertz CT molecular complexity index is 1060. The molecule has 0 spiro atoms. The summed E-state index contributed by atoms with van der Waals surface area (Å²) in [7, 11) is 3.00. The maximum absolute atomic E-state index is 13.6. The molecule has 0 bridgehead atoms. The molecule has 7 nitrogen and oxygen atoms in total. The van der Waals surface area contributed by atoms with Crippen LogP contribution < -0.4 is 20.1 Å². The van der Waals surface area contributed by atoms with Gasteiger partial charge >= 0.3 is 0 Å². The van der Waals surface area contributed by atoms with Crippen molar-refractivity contribution in [2.75, 3.05) is 24.9 Å². The molecule has 0 fully saturated rings. The van der Waals surface area contributed by atoms with Crippen LogP contribution in [0.25, 0.3) is 0 Å². The van der Waals surface area contributed by atoms with Crippen LogP contribution in [0.4, 0.5) is 15.2 Å². The van der Waals surface area contributed by atoms with Gasteiger partial charge < -0.3 is 14.8 Å². The Morgan fingerprint density at radius 3 is 2.40 bits per heavy atom. The third-order valence-electron chi connectivity index (χ3n) is 4.18. The minimum Gasteiger partial charge on any atom is -0.497 e. The number of hydrogen-bond acceptors (Lipinski definition) is 6. The van der Waals surface area contributed by atoms with E-state index in [4.69, 9.17) is 9.47 Å². The van der Waals surface area contributed by atoms with Crippen molar-refractivity contribution >= 4 is 34.0 Å². The molecule has 0 radical (unpaired) electrons. The number of thiazole rings is 1. The van der Waals surface area contributed by atoms with Crippen LogP contribution in [0.2, 0.25) is 0 Å². The molecule has 156 valence electrons. The fraction of sp³-hybridized carbons (Fsp3) is 0.190. The molecular weight excluding hydrogens is 409 g/mol. The SMILES string of the molecule is COc1cc(OC)cc(C(=O)Nc2nc(CC(=O)Nc3ccc(C)c(F)c3)cs2)c1. The van der Waals surface area contributed by atoms with Gasteiger partial charge in [0.25, 0.3) is 5.91 Å². The van der Waals surface area contributed by atoms with Gasteiger partial charge in [0.1, 0.15) is 17.3 Å². The average molecular weight is 429 g/mol. The van der Waals surface area contributed by atoms with Crippen LogP contribution in [-0.2, 0) is 11.2 Å². The Morgan fingerprint density at radius 1 is 1.07 bits per heavy atom. The number of halogens is 1.